The Morgan fingerprint density at radius 3 is 2.77 bits per heavy atom. The molecule has 0 radical (unpaired) electrons. The molecule has 2 unspecified atom stereocenters. The van der Waals surface area contributed by atoms with Crippen molar-refractivity contribution < 1.29 is 13.9 Å². The summed E-state index contributed by atoms with van der Waals surface area (Å²) < 4.78 is 19.7. The van der Waals surface area contributed by atoms with Gasteiger partial charge in [-0.05, 0) is 43.5 Å². The van der Waals surface area contributed by atoms with Gasteiger partial charge in [-0.25, -0.2) is 9.18 Å². The first-order valence-electron chi connectivity index (χ1n) is 7.83. The van der Waals surface area contributed by atoms with Crippen LogP contribution in [0.2, 0.25) is 0 Å². The Kier molecular flexibility index (Phi) is 3.22. The number of benzene rings is 1. The summed E-state index contributed by atoms with van der Waals surface area (Å²) in [5, 5.41) is 2.98. The highest BCUT2D eigenvalue weighted by molar-refractivity contribution is 5.90. The number of carbonyl (C=O) groups is 1. The zero-order valence-corrected chi connectivity index (χ0v) is 12.6. The average molecular weight is 305 g/mol. The highest BCUT2D eigenvalue weighted by Crippen LogP contribution is 2.46. The van der Waals surface area contributed by atoms with Crippen molar-refractivity contribution in [1.82, 2.24) is 5.32 Å². The molecule has 1 aliphatic carbocycles. The SMILES string of the molecule is CNCC1CN(c2ccc(N3CC4C[C@H]4C3)c(F)c2)C(=O)O1. The molecule has 3 atom stereocenters. The van der Waals surface area contributed by atoms with E-state index in [2.05, 4.69) is 10.2 Å². The predicted octanol–water partition coefficient (Wildman–Crippen LogP) is 1.83. The van der Waals surface area contributed by atoms with Crippen LogP contribution >= 0.6 is 0 Å². The standard InChI is InChI=1S/C16H20FN3O2/c1-18-6-13-9-20(16(21)22-13)12-2-3-15(14(17)5-12)19-7-10-4-11(10)8-19/h2-3,5,10-11,13,18H,4,6-9H2,1H3/t10-,11?,13?/m0/s1. The molecule has 4 rings (SSSR count). The summed E-state index contributed by atoms with van der Waals surface area (Å²) in [7, 11) is 1.81. The molecule has 0 bridgehead atoms. The molecular weight excluding hydrogens is 285 g/mol. The number of amides is 1. The van der Waals surface area contributed by atoms with Crippen molar-refractivity contribution in [3.8, 4) is 0 Å². The molecule has 1 aromatic carbocycles. The van der Waals surface area contributed by atoms with E-state index in [9.17, 15) is 9.18 Å². The highest BCUT2D eigenvalue weighted by atomic mass is 19.1. The van der Waals surface area contributed by atoms with E-state index < -0.39 is 6.09 Å². The maximum absolute atomic E-state index is 14.4. The second-order valence-corrected chi connectivity index (χ2v) is 6.47. The number of likely N-dealkylation sites (N-methyl/N-ethyl adjacent to an activating group) is 1. The van der Waals surface area contributed by atoms with Crippen LogP contribution in [-0.2, 0) is 4.74 Å². The third kappa shape index (κ3) is 2.31. The van der Waals surface area contributed by atoms with E-state index in [4.69, 9.17) is 4.74 Å². The molecule has 1 aromatic rings. The van der Waals surface area contributed by atoms with Crippen molar-refractivity contribution >= 4 is 17.5 Å². The summed E-state index contributed by atoms with van der Waals surface area (Å²) in [6.45, 7) is 2.96. The van der Waals surface area contributed by atoms with Crippen LogP contribution in [0.15, 0.2) is 18.2 Å². The van der Waals surface area contributed by atoms with Gasteiger partial charge in [0.2, 0.25) is 0 Å². The second-order valence-electron chi connectivity index (χ2n) is 6.47. The van der Waals surface area contributed by atoms with Crippen LogP contribution in [0.3, 0.4) is 0 Å². The normalized spacial score (nSPS) is 29.7. The number of piperidine rings is 1. The molecule has 3 fully saturated rings. The lowest BCUT2D eigenvalue weighted by molar-refractivity contribution is 0.141. The fourth-order valence-corrected chi connectivity index (χ4v) is 3.58. The van der Waals surface area contributed by atoms with Gasteiger partial charge in [-0.2, -0.15) is 0 Å². The van der Waals surface area contributed by atoms with Gasteiger partial charge in [0.25, 0.3) is 0 Å². The highest BCUT2D eigenvalue weighted by Gasteiger charge is 2.45. The lowest BCUT2D eigenvalue weighted by atomic mass is 10.2. The number of halogens is 1. The van der Waals surface area contributed by atoms with E-state index in [-0.39, 0.29) is 11.9 Å². The van der Waals surface area contributed by atoms with Crippen LogP contribution in [-0.4, -0.2) is 45.4 Å². The van der Waals surface area contributed by atoms with E-state index in [0.717, 1.165) is 24.9 Å². The van der Waals surface area contributed by atoms with Crippen molar-refractivity contribution in [2.75, 3.05) is 43.0 Å². The number of carbonyl (C=O) groups excluding carboxylic acids is 1. The Labute approximate surface area is 129 Å². The van der Waals surface area contributed by atoms with Crippen molar-refractivity contribution in [3.63, 3.8) is 0 Å². The van der Waals surface area contributed by atoms with Crippen LogP contribution in [0.25, 0.3) is 0 Å². The molecule has 1 amide bonds. The number of cyclic esters (lactones) is 1. The summed E-state index contributed by atoms with van der Waals surface area (Å²) in [5.41, 5.74) is 1.21. The van der Waals surface area contributed by atoms with Gasteiger partial charge in [-0.3, -0.25) is 4.90 Å². The van der Waals surface area contributed by atoms with Crippen LogP contribution in [0.1, 0.15) is 6.42 Å². The van der Waals surface area contributed by atoms with Gasteiger partial charge in [-0.1, -0.05) is 0 Å². The minimum atomic E-state index is -0.408. The number of anilines is 2. The number of rotatable bonds is 4. The van der Waals surface area contributed by atoms with Gasteiger partial charge >= 0.3 is 6.09 Å². The summed E-state index contributed by atoms with van der Waals surface area (Å²) in [6, 6.07) is 5.04. The van der Waals surface area contributed by atoms with Gasteiger partial charge in [-0.15, -0.1) is 0 Å². The molecular formula is C16H20FN3O2. The number of nitrogens with zero attached hydrogens (tertiary/aromatic N) is 2. The molecule has 2 aliphatic heterocycles. The zero-order chi connectivity index (χ0) is 15.3. The number of fused-ring (bicyclic) bond motifs is 1. The van der Waals surface area contributed by atoms with Gasteiger partial charge in [0.05, 0.1) is 17.9 Å². The number of hydrogen-bond donors (Lipinski definition) is 1. The van der Waals surface area contributed by atoms with Crippen LogP contribution in [0.5, 0.6) is 0 Å². The topological polar surface area (TPSA) is 44.8 Å². The van der Waals surface area contributed by atoms with Gasteiger partial charge < -0.3 is 15.0 Å². The fourth-order valence-electron chi connectivity index (χ4n) is 3.58. The number of nitrogens with one attached hydrogen (secondary N) is 1. The first kappa shape index (κ1) is 13.8. The molecule has 0 aromatic heterocycles. The minimum Gasteiger partial charge on any atom is -0.443 e. The third-order valence-corrected chi connectivity index (χ3v) is 4.87. The summed E-state index contributed by atoms with van der Waals surface area (Å²) in [5.74, 6) is 1.26. The van der Waals surface area contributed by atoms with Crippen LogP contribution in [0, 0.1) is 17.7 Å². The smallest absolute Gasteiger partial charge is 0.414 e. The Hall–Kier alpha value is -1.82. The molecule has 6 heteroatoms. The third-order valence-electron chi connectivity index (χ3n) is 4.87. The lowest BCUT2D eigenvalue weighted by Gasteiger charge is -2.22. The molecule has 5 nitrogen and oxygen atoms in total. The Bertz CT molecular complexity index is 599. The summed E-state index contributed by atoms with van der Waals surface area (Å²) in [4.78, 5) is 15.5. The van der Waals surface area contributed by atoms with Crippen molar-refractivity contribution in [2.24, 2.45) is 11.8 Å². The monoisotopic (exact) mass is 305 g/mol. The van der Waals surface area contributed by atoms with Crippen LogP contribution < -0.4 is 15.1 Å². The molecule has 22 heavy (non-hydrogen) atoms. The lowest BCUT2D eigenvalue weighted by Crippen LogP contribution is -2.29. The van der Waals surface area contributed by atoms with Crippen molar-refractivity contribution in [1.29, 1.82) is 0 Å². The number of hydrogen-bond acceptors (Lipinski definition) is 4. The van der Waals surface area contributed by atoms with E-state index >= 15 is 0 Å². The van der Waals surface area contributed by atoms with Gasteiger partial charge in [0.15, 0.2) is 0 Å². The predicted molar refractivity (Wildman–Crippen MR) is 81.8 cm³/mol. The molecule has 0 spiro atoms. The molecule has 1 N–H and O–H groups in total. The molecule has 2 saturated heterocycles. The van der Waals surface area contributed by atoms with E-state index in [1.165, 1.54) is 17.4 Å². The first-order valence-corrected chi connectivity index (χ1v) is 7.83. The van der Waals surface area contributed by atoms with E-state index in [0.29, 0.717) is 24.5 Å². The molecule has 3 aliphatic rings. The summed E-state index contributed by atoms with van der Waals surface area (Å²) in [6.07, 6.45) is 0.698. The fraction of sp³-hybridized carbons (Fsp3) is 0.562. The molecule has 1 saturated carbocycles. The van der Waals surface area contributed by atoms with Crippen molar-refractivity contribution in [2.45, 2.75) is 12.5 Å². The Morgan fingerprint density at radius 2 is 2.09 bits per heavy atom. The van der Waals surface area contributed by atoms with E-state index in [1.54, 1.807) is 6.07 Å². The van der Waals surface area contributed by atoms with Gasteiger partial charge in [0, 0.05) is 19.6 Å². The molecule has 118 valence electrons. The maximum atomic E-state index is 14.4. The molecule has 2 heterocycles. The largest absolute Gasteiger partial charge is 0.443 e. The Morgan fingerprint density at radius 1 is 1.32 bits per heavy atom. The van der Waals surface area contributed by atoms with Gasteiger partial charge in [0.1, 0.15) is 11.9 Å². The van der Waals surface area contributed by atoms with E-state index in [1.807, 2.05) is 13.1 Å². The quantitative estimate of drug-likeness (QED) is 0.922. The van der Waals surface area contributed by atoms with Crippen molar-refractivity contribution in [3.05, 3.63) is 24.0 Å². The summed E-state index contributed by atoms with van der Waals surface area (Å²) >= 11 is 0. The number of ether oxygens (including phenoxy) is 1. The average Bonchev–Trinajstić information content (AvgIpc) is 2.92. The van der Waals surface area contributed by atoms with Crippen LogP contribution in [0.4, 0.5) is 20.6 Å². The zero-order valence-electron chi connectivity index (χ0n) is 12.6. The minimum absolute atomic E-state index is 0.189. The maximum Gasteiger partial charge on any atom is 0.414 e. The Balaban J connectivity index is 1.51. The first-order chi connectivity index (χ1) is 10.7. The second kappa shape index (κ2) is 5.12.